The Labute approximate surface area is 115 Å². The lowest BCUT2D eigenvalue weighted by Gasteiger charge is -2.18. The highest BCUT2D eigenvalue weighted by Crippen LogP contribution is 2.34. The summed E-state index contributed by atoms with van der Waals surface area (Å²) in [6.45, 7) is 0. The first kappa shape index (κ1) is 13.7. The summed E-state index contributed by atoms with van der Waals surface area (Å²) in [4.78, 5) is 0. The van der Waals surface area contributed by atoms with Crippen LogP contribution in [0, 0.1) is 5.92 Å². The topological polar surface area (TPSA) is 9.23 Å². The molecule has 1 saturated carbocycles. The van der Waals surface area contributed by atoms with Crippen molar-refractivity contribution in [1.82, 2.24) is 0 Å². The van der Waals surface area contributed by atoms with Crippen LogP contribution in [-0.4, -0.2) is 7.11 Å². The molecule has 100 valence electrons. The van der Waals surface area contributed by atoms with Gasteiger partial charge in [-0.15, -0.1) is 11.6 Å². The SMILES string of the molecule is COc1ccc(C(Cl)CC2CCCCCC2)cc1. The molecule has 2 heteroatoms. The average molecular weight is 267 g/mol. The Morgan fingerprint density at radius 3 is 2.28 bits per heavy atom. The highest BCUT2D eigenvalue weighted by molar-refractivity contribution is 6.20. The van der Waals surface area contributed by atoms with Crippen molar-refractivity contribution < 1.29 is 4.74 Å². The van der Waals surface area contributed by atoms with Gasteiger partial charge in [0.1, 0.15) is 5.75 Å². The third-order valence-corrected chi connectivity index (χ3v) is 4.42. The molecule has 2 rings (SSSR count). The Hall–Kier alpha value is -0.690. The molecule has 1 unspecified atom stereocenters. The summed E-state index contributed by atoms with van der Waals surface area (Å²) in [6, 6.07) is 8.18. The molecular weight excluding hydrogens is 244 g/mol. The standard InChI is InChI=1S/C16H23ClO/c1-18-15-10-8-14(9-11-15)16(17)12-13-6-4-2-3-5-7-13/h8-11,13,16H,2-7,12H2,1H3. The predicted octanol–water partition coefficient (Wildman–Crippen LogP) is 5.34. The van der Waals surface area contributed by atoms with Crippen LogP contribution in [0.25, 0.3) is 0 Å². The number of alkyl halides is 1. The maximum atomic E-state index is 6.55. The van der Waals surface area contributed by atoms with E-state index in [1.165, 1.54) is 44.1 Å². The third-order valence-electron chi connectivity index (χ3n) is 3.99. The van der Waals surface area contributed by atoms with Crippen LogP contribution in [0.4, 0.5) is 0 Å². The monoisotopic (exact) mass is 266 g/mol. The van der Waals surface area contributed by atoms with E-state index in [1.54, 1.807) is 7.11 Å². The molecule has 0 aromatic heterocycles. The minimum Gasteiger partial charge on any atom is -0.497 e. The van der Waals surface area contributed by atoms with Crippen LogP contribution in [0.2, 0.25) is 0 Å². The molecule has 0 saturated heterocycles. The average Bonchev–Trinajstić information content (AvgIpc) is 2.67. The third kappa shape index (κ3) is 3.91. The second kappa shape index (κ2) is 7.04. The Morgan fingerprint density at radius 2 is 1.72 bits per heavy atom. The summed E-state index contributed by atoms with van der Waals surface area (Å²) in [7, 11) is 1.69. The van der Waals surface area contributed by atoms with E-state index >= 15 is 0 Å². The van der Waals surface area contributed by atoms with Gasteiger partial charge in [-0.2, -0.15) is 0 Å². The van der Waals surface area contributed by atoms with E-state index < -0.39 is 0 Å². The number of rotatable bonds is 4. The zero-order valence-corrected chi connectivity index (χ0v) is 12.0. The molecule has 0 spiro atoms. The molecule has 0 amide bonds. The van der Waals surface area contributed by atoms with Crippen LogP contribution in [0.15, 0.2) is 24.3 Å². The van der Waals surface area contributed by atoms with Crippen molar-refractivity contribution in [2.75, 3.05) is 7.11 Å². The van der Waals surface area contributed by atoms with E-state index in [1.807, 2.05) is 12.1 Å². The van der Waals surface area contributed by atoms with Gasteiger partial charge in [0, 0.05) is 0 Å². The number of halogens is 1. The molecule has 1 aromatic carbocycles. The largest absolute Gasteiger partial charge is 0.497 e. The normalized spacial score (nSPS) is 19.2. The van der Waals surface area contributed by atoms with Crippen molar-refractivity contribution in [1.29, 1.82) is 0 Å². The van der Waals surface area contributed by atoms with E-state index in [4.69, 9.17) is 16.3 Å². The lowest BCUT2D eigenvalue weighted by atomic mass is 9.92. The van der Waals surface area contributed by atoms with Crippen molar-refractivity contribution in [3.8, 4) is 5.75 Å². The Balaban J connectivity index is 1.90. The van der Waals surface area contributed by atoms with E-state index in [0.29, 0.717) is 0 Å². The first-order valence-electron chi connectivity index (χ1n) is 7.07. The summed E-state index contributed by atoms with van der Waals surface area (Å²) in [6.07, 6.45) is 9.43. The summed E-state index contributed by atoms with van der Waals surface area (Å²) < 4.78 is 5.17. The maximum Gasteiger partial charge on any atom is 0.118 e. The van der Waals surface area contributed by atoms with Crippen molar-refractivity contribution in [3.05, 3.63) is 29.8 Å². The minimum absolute atomic E-state index is 0.152. The summed E-state index contributed by atoms with van der Waals surface area (Å²) in [5.41, 5.74) is 1.22. The van der Waals surface area contributed by atoms with Gasteiger partial charge in [0.05, 0.1) is 12.5 Å². The fourth-order valence-corrected chi connectivity index (χ4v) is 3.24. The Morgan fingerprint density at radius 1 is 1.11 bits per heavy atom. The first-order valence-corrected chi connectivity index (χ1v) is 7.51. The van der Waals surface area contributed by atoms with Gasteiger partial charge < -0.3 is 4.74 Å². The molecule has 1 nitrogen and oxygen atoms in total. The Kier molecular flexibility index (Phi) is 5.37. The molecule has 0 bridgehead atoms. The van der Waals surface area contributed by atoms with Gasteiger partial charge in [-0.25, -0.2) is 0 Å². The van der Waals surface area contributed by atoms with Gasteiger partial charge >= 0.3 is 0 Å². The number of hydrogen-bond acceptors (Lipinski definition) is 1. The lowest BCUT2D eigenvalue weighted by Crippen LogP contribution is -2.03. The number of benzene rings is 1. The lowest BCUT2D eigenvalue weighted by molar-refractivity contribution is 0.413. The second-order valence-corrected chi connectivity index (χ2v) is 5.86. The quantitative estimate of drug-likeness (QED) is 0.528. The molecule has 1 aromatic rings. The molecule has 1 aliphatic carbocycles. The zero-order chi connectivity index (χ0) is 12.8. The fraction of sp³-hybridized carbons (Fsp3) is 0.625. The van der Waals surface area contributed by atoms with Crippen molar-refractivity contribution in [2.45, 2.75) is 50.3 Å². The van der Waals surface area contributed by atoms with Gasteiger partial charge in [0.2, 0.25) is 0 Å². The second-order valence-electron chi connectivity index (χ2n) is 5.33. The van der Waals surface area contributed by atoms with E-state index in [-0.39, 0.29) is 5.38 Å². The molecule has 0 heterocycles. The van der Waals surface area contributed by atoms with Gasteiger partial charge in [-0.1, -0.05) is 50.7 Å². The highest BCUT2D eigenvalue weighted by atomic mass is 35.5. The number of ether oxygens (including phenoxy) is 1. The van der Waals surface area contributed by atoms with Crippen LogP contribution in [0.1, 0.15) is 55.9 Å². The van der Waals surface area contributed by atoms with Gasteiger partial charge in [0.15, 0.2) is 0 Å². The van der Waals surface area contributed by atoms with E-state index in [9.17, 15) is 0 Å². The molecule has 1 fully saturated rings. The molecule has 0 aliphatic heterocycles. The fourth-order valence-electron chi connectivity index (χ4n) is 2.84. The highest BCUT2D eigenvalue weighted by Gasteiger charge is 2.17. The summed E-state index contributed by atoms with van der Waals surface area (Å²) in [5, 5.41) is 0.152. The molecule has 1 aliphatic rings. The van der Waals surface area contributed by atoms with Crippen LogP contribution < -0.4 is 4.74 Å². The maximum absolute atomic E-state index is 6.55. The van der Waals surface area contributed by atoms with Crippen molar-refractivity contribution in [2.24, 2.45) is 5.92 Å². The van der Waals surface area contributed by atoms with Crippen LogP contribution in [0.5, 0.6) is 5.75 Å². The van der Waals surface area contributed by atoms with Gasteiger partial charge in [-0.05, 0) is 30.0 Å². The number of hydrogen-bond donors (Lipinski definition) is 0. The summed E-state index contributed by atoms with van der Waals surface area (Å²) in [5.74, 6) is 1.72. The van der Waals surface area contributed by atoms with Gasteiger partial charge in [-0.3, -0.25) is 0 Å². The molecule has 0 radical (unpaired) electrons. The molecule has 18 heavy (non-hydrogen) atoms. The van der Waals surface area contributed by atoms with Crippen LogP contribution in [0.3, 0.4) is 0 Å². The molecular formula is C16H23ClO. The van der Waals surface area contributed by atoms with E-state index in [2.05, 4.69) is 12.1 Å². The first-order chi connectivity index (χ1) is 8.79. The molecule has 1 atom stereocenters. The predicted molar refractivity (Wildman–Crippen MR) is 77.4 cm³/mol. The number of methoxy groups -OCH3 is 1. The minimum atomic E-state index is 0.152. The van der Waals surface area contributed by atoms with Crippen molar-refractivity contribution in [3.63, 3.8) is 0 Å². The van der Waals surface area contributed by atoms with Crippen LogP contribution >= 0.6 is 11.6 Å². The van der Waals surface area contributed by atoms with Crippen LogP contribution in [-0.2, 0) is 0 Å². The smallest absolute Gasteiger partial charge is 0.118 e. The Bertz CT molecular complexity index is 339. The van der Waals surface area contributed by atoms with Gasteiger partial charge in [0.25, 0.3) is 0 Å². The van der Waals surface area contributed by atoms with Crippen molar-refractivity contribution >= 4 is 11.6 Å². The summed E-state index contributed by atoms with van der Waals surface area (Å²) >= 11 is 6.55. The molecule has 0 N–H and O–H groups in total. The van der Waals surface area contributed by atoms with E-state index in [0.717, 1.165) is 18.1 Å². The zero-order valence-electron chi connectivity index (χ0n) is 11.2.